The van der Waals surface area contributed by atoms with E-state index in [0.29, 0.717) is 6.54 Å². The van der Waals surface area contributed by atoms with Gasteiger partial charge < -0.3 is 14.4 Å². The number of carbonyl (C=O) groups is 2. The SMILES string of the molecule is CC(=O)N1[C@H](Cc2ccccc2)[C@@H]2C[C@@]3(C)[C@H](CCCC[C@@H]13)N2C(=O)c1cccc(Cn2ccnc2)c1. The second-order valence-corrected chi connectivity index (χ2v) is 11.4. The number of hydrogen-bond acceptors (Lipinski definition) is 3. The highest BCUT2D eigenvalue weighted by atomic mass is 16.2. The molecule has 6 heteroatoms. The van der Waals surface area contributed by atoms with Crippen molar-refractivity contribution >= 4 is 11.8 Å². The molecule has 2 amide bonds. The number of amides is 2. The fourth-order valence-electron chi connectivity index (χ4n) is 7.64. The highest BCUT2D eigenvalue weighted by Gasteiger charge is 2.63. The van der Waals surface area contributed by atoms with E-state index in [9.17, 15) is 9.59 Å². The molecule has 1 aromatic heterocycles. The Morgan fingerprint density at radius 3 is 2.41 bits per heavy atom. The minimum absolute atomic E-state index is 0.0123. The Bertz CT molecular complexity index is 1270. The van der Waals surface area contributed by atoms with Gasteiger partial charge in [-0.25, -0.2) is 4.98 Å². The molecule has 2 aromatic carbocycles. The van der Waals surface area contributed by atoms with Crippen molar-refractivity contribution in [2.24, 2.45) is 5.41 Å². The second kappa shape index (κ2) is 9.47. The highest BCUT2D eigenvalue weighted by molar-refractivity contribution is 5.95. The van der Waals surface area contributed by atoms with Gasteiger partial charge >= 0.3 is 0 Å². The summed E-state index contributed by atoms with van der Waals surface area (Å²) in [5.74, 6) is 0.245. The molecule has 0 spiro atoms. The van der Waals surface area contributed by atoms with Crippen LogP contribution in [0.3, 0.4) is 0 Å². The molecule has 37 heavy (non-hydrogen) atoms. The van der Waals surface area contributed by atoms with Gasteiger partial charge in [0, 0.05) is 48.9 Å². The lowest BCUT2D eigenvalue weighted by Gasteiger charge is -2.50. The zero-order chi connectivity index (χ0) is 25.6. The first kappa shape index (κ1) is 24.0. The number of hydrogen-bond donors (Lipinski definition) is 0. The number of imidazole rings is 1. The van der Waals surface area contributed by atoms with Gasteiger partial charge in [-0.2, -0.15) is 0 Å². The standard InChI is InChI=1S/C31H36N4O2/c1-22(36)34-26(18-23-9-4-3-5-10-23)27-19-31(2)28(34)13-6-7-14-29(31)35(27)30(37)25-12-8-11-24(17-25)20-33-16-15-32-21-33/h3-5,8-12,15-17,21,26-29H,6-7,13-14,18-20H2,1-2H3/t26-,27+,28-,29+,31-/m1/s1. The number of rotatable bonds is 5. The molecule has 6 nitrogen and oxygen atoms in total. The molecule has 1 saturated carbocycles. The Balaban J connectivity index is 1.39. The highest BCUT2D eigenvalue weighted by Crippen LogP contribution is 2.56. The van der Waals surface area contributed by atoms with Gasteiger partial charge in [-0.05, 0) is 48.9 Å². The van der Waals surface area contributed by atoms with Crippen molar-refractivity contribution in [2.45, 2.75) is 83.1 Å². The normalized spacial score (nSPS) is 28.7. The molecule has 5 atom stereocenters. The summed E-state index contributed by atoms with van der Waals surface area (Å²) in [6, 6.07) is 18.8. The van der Waals surface area contributed by atoms with Gasteiger partial charge in [0.15, 0.2) is 0 Å². The smallest absolute Gasteiger partial charge is 0.254 e. The number of nitrogens with zero attached hydrogens (tertiary/aromatic N) is 4. The van der Waals surface area contributed by atoms with E-state index in [4.69, 9.17) is 0 Å². The van der Waals surface area contributed by atoms with Crippen LogP contribution in [0.15, 0.2) is 73.3 Å². The van der Waals surface area contributed by atoms with Crippen LogP contribution in [-0.4, -0.2) is 55.3 Å². The molecule has 3 fully saturated rings. The largest absolute Gasteiger partial charge is 0.334 e. The minimum Gasteiger partial charge on any atom is -0.334 e. The number of aromatic nitrogens is 2. The van der Waals surface area contributed by atoms with Crippen LogP contribution in [0.5, 0.6) is 0 Å². The fourth-order valence-corrected chi connectivity index (χ4v) is 7.64. The maximum atomic E-state index is 14.4. The van der Waals surface area contributed by atoms with Crippen LogP contribution in [0.25, 0.3) is 0 Å². The summed E-state index contributed by atoms with van der Waals surface area (Å²) in [7, 11) is 0. The second-order valence-electron chi connectivity index (χ2n) is 11.4. The lowest BCUT2D eigenvalue weighted by atomic mass is 9.69. The lowest BCUT2D eigenvalue weighted by molar-refractivity contribution is -0.141. The third kappa shape index (κ3) is 4.16. The predicted octanol–water partition coefficient (Wildman–Crippen LogP) is 4.94. The molecule has 0 N–H and O–H groups in total. The Hall–Kier alpha value is -3.41. The summed E-state index contributed by atoms with van der Waals surface area (Å²) < 4.78 is 2.02. The van der Waals surface area contributed by atoms with Crippen LogP contribution < -0.4 is 0 Å². The monoisotopic (exact) mass is 496 g/mol. The fraction of sp³-hybridized carbons (Fsp3) is 0.452. The number of fused-ring (bicyclic) bond motifs is 1. The average molecular weight is 497 g/mol. The van der Waals surface area contributed by atoms with E-state index in [1.54, 1.807) is 19.4 Å². The van der Waals surface area contributed by atoms with Gasteiger partial charge in [-0.1, -0.05) is 62.2 Å². The third-order valence-corrected chi connectivity index (χ3v) is 9.19. The van der Waals surface area contributed by atoms with Crippen LogP contribution in [0.1, 0.15) is 67.4 Å². The Morgan fingerprint density at radius 2 is 1.70 bits per heavy atom. The van der Waals surface area contributed by atoms with Gasteiger partial charge in [0.2, 0.25) is 5.91 Å². The number of benzene rings is 2. The molecule has 6 rings (SSSR count). The Morgan fingerprint density at radius 1 is 0.973 bits per heavy atom. The molecule has 3 heterocycles. The van der Waals surface area contributed by atoms with E-state index in [2.05, 4.69) is 52.0 Å². The van der Waals surface area contributed by atoms with E-state index >= 15 is 0 Å². The summed E-state index contributed by atoms with van der Waals surface area (Å²) in [5.41, 5.74) is 2.96. The van der Waals surface area contributed by atoms with Gasteiger partial charge in [-0.3, -0.25) is 9.59 Å². The van der Waals surface area contributed by atoms with Crippen molar-refractivity contribution < 1.29 is 9.59 Å². The van der Waals surface area contributed by atoms with E-state index in [-0.39, 0.29) is 41.4 Å². The lowest BCUT2D eigenvalue weighted by Crippen LogP contribution is -2.61. The summed E-state index contributed by atoms with van der Waals surface area (Å²) >= 11 is 0. The Kier molecular flexibility index (Phi) is 6.13. The molecule has 2 saturated heterocycles. The summed E-state index contributed by atoms with van der Waals surface area (Å²) in [6.07, 6.45) is 11.5. The average Bonchev–Trinajstić information content (AvgIpc) is 3.45. The van der Waals surface area contributed by atoms with Crippen LogP contribution in [0.2, 0.25) is 0 Å². The van der Waals surface area contributed by atoms with Crippen molar-refractivity contribution in [3.8, 4) is 0 Å². The van der Waals surface area contributed by atoms with Gasteiger partial charge in [0.25, 0.3) is 5.91 Å². The molecule has 2 aliphatic heterocycles. The molecule has 192 valence electrons. The van der Waals surface area contributed by atoms with Gasteiger partial charge in [0.1, 0.15) is 0 Å². The van der Waals surface area contributed by atoms with Crippen molar-refractivity contribution in [1.29, 1.82) is 0 Å². The van der Waals surface area contributed by atoms with Crippen LogP contribution in [0, 0.1) is 5.41 Å². The molecule has 3 aliphatic rings. The van der Waals surface area contributed by atoms with Crippen LogP contribution in [-0.2, 0) is 17.8 Å². The molecule has 0 radical (unpaired) electrons. The van der Waals surface area contributed by atoms with Gasteiger partial charge in [0.05, 0.1) is 18.4 Å². The third-order valence-electron chi connectivity index (χ3n) is 9.19. The molecular weight excluding hydrogens is 460 g/mol. The zero-order valence-electron chi connectivity index (χ0n) is 21.8. The van der Waals surface area contributed by atoms with Crippen molar-refractivity contribution in [2.75, 3.05) is 0 Å². The van der Waals surface area contributed by atoms with E-state index in [1.807, 2.05) is 35.0 Å². The zero-order valence-corrected chi connectivity index (χ0v) is 21.8. The topological polar surface area (TPSA) is 58.4 Å². The van der Waals surface area contributed by atoms with E-state index in [0.717, 1.165) is 49.7 Å². The molecule has 0 unspecified atom stereocenters. The Labute approximate surface area is 219 Å². The van der Waals surface area contributed by atoms with Crippen molar-refractivity contribution in [3.63, 3.8) is 0 Å². The first-order valence-corrected chi connectivity index (χ1v) is 13.7. The van der Waals surface area contributed by atoms with E-state index in [1.165, 1.54) is 5.56 Å². The quantitative estimate of drug-likeness (QED) is 0.503. The first-order valence-electron chi connectivity index (χ1n) is 13.7. The maximum Gasteiger partial charge on any atom is 0.254 e. The number of piperidine rings is 1. The van der Waals surface area contributed by atoms with Crippen LogP contribution in [0.4, 0.5) is 0 Å². The summed E-state index contributed by atoms with van der Waals surface area (Å²) in [4.78, 5) is 36.1. The predicted molar refractivity (Wildman–Crippen MR) is 143 cm³/mol. The van der Waals surface area contributed by atoms with Gasteiger partial charge in [-0.15, -0.1) is 0 Å². The first-order chi connectivity index (χ1) is 18.0. The molecular formula is C31H36N4O2. The molecule has 2 bridgehead atoms. The maximum absolute atomic E-state index is 14.4. The number of carbonyl (C=O) groups excluding carboxylic acids is 2. The number of likely N-dealkylation sites (tertiary alicyclic amines) is 2. The van der Waals surface area contributed by atoms with E-state index < -0.39 is 0 Å². The van der Waals surface area contributed by atoms with Crippen molar-refractivity contribution in [1.82, 2.24) is 19.4 Å². The van der Waals surface area contributed by atoms with Crippen LogP contribution >= 0.6 is 0 Å². The minimum atomic E-state index is -0.0793. The molecule has 3 aromatic rings. The summed E-state index contributed by atoms with van der Waals surface area (Å²) in [5, 5.41) is 0. The summed E-state index contributed by atoms with van der Waals surface area (Å²) in [6.45, 7) is 4.75. The van der Waals surface area contributed by atoms with Crippen molar-refractivity contribution in [3.05, 3.63) is 90.0 Å². The molecule has 1 aliphatic carbocycles.